The molecule has 24 heavy (non-hydrogen) atoms. The highest BCUT2D eigenvalue weighted by atomic mass is 16.5. The van der Waals surface area contributed by atoms with Crippen LogP contribution in [0.3, 0.4) is 0 Å². The summed E-state index contributed by atoms with van der Waals surface area (Å²) in [6.07, 6.45) is 0. The van der Waals surface area contributed by atoms with Crippen LogP contribution in [0.4, 0.5) is 11.8 Å². The molecule has 0 atom stereocenters. The van der Waals surface area contributed by atoms with Crippen LogP contribution in [0.1, 0.15) is 25.0 Å². The topological polar surface area (TPSA) is 137 Å². The van der Waals surface area contributed by atoms with Crippen molar-refractivity contribution in [3.8, 4) is 23.1 Å². The second-order valence-electron chi connectivity index (χ2n) is 4.84. The van der Waals surface area contributed by atoms with E-state index in [1.54, 1.807) is 18.2 Å². The molecule has 1 aromatic heterocycles. The van der Waals surface area contributed by atoms with Crippen molar-refractivity contribution in [3.05, 3.63) is 29.3 Å². The van der Waals surface area contributed by atoms with Crippen molar-refractivity contribution in [2.45, 2.75) is 20.5 Å². The molecule has 0 saturated heterocycles. The maximum Gasteiger partial charge on any atom is 0.302 e. The monoisotopic (exact) mass is 327 g/mol. The molecule has 0 unspecified atom stereocenters. The van der Waals surface area contributed by atoms with Crippen LogP contribution >= 0.6 is 0 Å². The molecule has 8 nitrogen and oxygen atoms in total. The first kappa shape index (κ1) is 17.0. The normalized spacial score (nSPS) is 10.0. The molecule has 0 amide bonds. The highest BCUT2D eigenvalue weighted by molar-refractivity contribution is 5.74. The third-order valence-electron chi connectivity index (χ3n) is 3.13. The van der Waals surface area contributed by atoms with E-state index in [9.17, 15) is 10.1 Å². The van der Waals surface area contributed by atoms with E-state index in [4.69, 9.17) is 20.9 Å². The van der Waals surface area contributed by atoms with Gasteiger partial charge in [-0.05, 0) is 25.1 Å². The van der Waals surface area contributed by atoms with E-state index < -0.39 is 5.97 Å². The van der Waals surface area contributed by atoms with Gasteiger partial charge in [-0.15, -0.1) is 0 Å². The van der Waals surface area contributed by atoms with E-state index in [2.05, 4.69) is 9.97 Å². The molecule has 0 fully saturated rings. The number of benzene rings is 1. The molecular formula is C16H17N5O3. The summed E-state index contributed by atoms with van der Waals surface area (Å²) in [5.74, 6) is 0.152. The summed E-state index contributed by atoms with van der Waals surface area (Å²) >= 11 is 0. The van der Waals surface area contributed by atoms with Gasteiger partial charge in [0, 0.05) is 18.1 Å². The number of rotatable bonds is 5. The zero-order valence-corrected chi connectivity index (χ0v) is 13.4. The molecule has 0 aliphatic carbocycles. The minimum Gasteiger partial charge on any atom is -0.493 e. The lowest BCUT2D eigenvalue weighted by Gasteiger charge is -2.13. The molecule has 1 heterocycles. The van der Waals surface area contributed by atoms with Crippen molar-refractivity contribution in [1.82, 2.24) is 9.97 Å². The van der Waals surface area contributed by atoms with Gasteiger partial charge in [0.1, 0.15) is 29.8 Å². The predicted octanol–water partition coefficient (Wildman–Crippen LogP) is 1.64. The number of aromatic nitrogens is 2. The van der Waals surface area contributed by atoms with E-state index in [1.165, 1.54) is 6.92 Å². The summed E-state index contributed by atoms with van der Waals surface area (Å²) in [6.45, 7) is 3.67. The fourth-order valence-corrected chi connectivity index (χ4v) is 2.13. The van der Waals surface area contributed by atoms with Crippen LogP contribution in [-0.4, -0.2) is 22.5 Å². The minimum absolute atomic E-state index is 0.00965. The van der Waals surface area contributed by atoms with Gasteiger partial charge in [0.05, 0.1) is 12.3 Å². The van der Waals surface area contributed by atoms with E-state index in [-0.39, 0.29) is 23.9 Å². The highest BCUT2D eigenvalue weighted by Gasteiger charge is 2.15. The molecule has 4 N–H and O–H groups in total. The maximum absolute atomic E-state index is 11.1. The summed E-state index contributed by atoms with van der Waals surface area (Å²) in [5, 5.41) is 9.29. The van der Waals surface area contributed by atoms with Crippen molar-refractivity contribution in [2.24, 2.45) is 0 Å². The Morgan fingerprint density at radius 2 is 2.08 bits per heavy atom. The van der Waals surface area contributed by atoms with Gasteiger partial charge >= 0.3 is 5.97 Å². The van der Waals surface area contributed by atoms with Crippen LogP contribution in [0, 0.1) is 11.3 Å². The SMILES string of the molecule is CCOc1ccc(-c2nc(N)nc(N)c2C#N)cc1COC(C)=O. The molecule has 0 bridgehead atoms. The number of carbonyl (C=O) groups excluding carboxylic acids is 1. The van der Waals surface area contributed by atoms with Gasteiger partial charge in [0.15, 0.2) is 0 Å². The summed E-state index contributed by atoms with van der Waals surface area (Å²) in [7, 11) is 0. The Labute approximate surface area is 139 Å². The Bertz CT molecular complexity index is 814. The predicted molar refractivity (Wildman–Crippen MR) is 87.6 cm³/mol. The quantitative estimate of drug-likeness (QED) is 0.790. The zero-order chi connectivity index (χ0) is 17.7. The summed E-state index contributed by atoms with van der Waals surface area (Å²) in [4.78, 5) is 19.0. The number of esters is 1. The number of hydrogen-bond donors (Lipinski definition) is 2. The average molecular weight is 327 g/mol. The molecule has 0 aliphatic heterocycles. The number of carbonyl (C=O) groups is 1. The van der Waals surface area contributed by atoms with Gasteiger partial charge in [-0.1, -0.05) is 0 Å². The third-order valence-corrected chi connectivity index (χ3v) is 3.13. The van der Waals surface area contributed by atoms with Crippen LogP contribution in [0.5, 0.6) is 5.75 Å². The number of hydrogen-bond acceptors (Lipinski definition) is 8. The van der Waals surface area contributed by atoms with Gasteiger partial charge in [0.2, 0.25) is 5.95 Å². The van der Waals surface area contributed by atoms with E-state index in [1.807, 2.05) is 13.0 Å². The van der Waals surface area contributed by atoms with Crippen LogP contribution in [0.25, 0.3) is 11.3 Å². The molecule has 0 radical (unpaired) electrons. The van der Waals surface area contributed by atoms with Crippen LogP contribution in [0.15, 0.2) is 18.2 Å². The van der Waals surface area contributed by atoms with Crippen LogP contribution < -0.4 is 16.2 Å². The summed E-state index contributed by atoms with van der Waals surface area (Å²) in [6, 6.07) is 7.14. The Kier molecular flexibility index (Phi) is 5.16. The maximum atomic E-state index is 11.1. The lowest BCUT2D eigenvalue weighted by Crippen LogP contribution is -2.06. The number of ether oxygens (including phenoxy) is 2. The lowest BCUT2D eigenvalue weighted by atomic mass is 10.0. The number of nitrogens with two attached hydrogens (primary N) is 2. The first-order chi connectivity index (χ1) is 11.5. The summed E-state index contributed by atoms with van der Waals surface area (Å²) < 4.78 is 10.6. The zero-order valence-electron chi connectivity index (χ0n) is 13.4. The second-order valence-corrected chi connectivity index (χ2v) is 4.84. The molecule has 2 aromatic rings. The van der Waals surface area contributed by atoms with Crippen molar-refractivity contribution >= 4 is 17.7 Å². The lowest BCUT2D eigenvalue weighted by molar-refractivity contribution is -0.142. The smallest absolute Gasteiger partial charge is 0.302 e. The average Bonchev–Trinajstić information content (AvgIpc) is 2.53. The molecule has 8 heteroatoms. The van der Waals surface area contributed by atoms with Gasteiger partial charge < -0.3 is 20.9 Å². The van der Waals surface area contributed by atoms with Crippen LogP contribution in [0.2, 0.25) is 0 Å². The molecule has 0 spiro atoms. The van der Waals surface area contributed by atoms with Gasteiger partial charge in [-0.25, -0.2) is 4.98 Å². The van der Waals surface area contributed by atoms with Gasteiger partial charge in [0.25, 0.3) is 0 Å². The first-order valence-electron chi connectivity index (χ1n) is 7.18. The Hall–Kier alpha value is -3.34. The third kappa shape index (κ3) is 3.70. The van der Waals surface area contributed by atoms with Crippen molar-refractivity contribution in [2.75, 3.05) is 18.1 Å². The first-order valence-corrected chi connectivity index (χ1v) is 7.18. The number of anilines is 2. The molecule has 2 rings (SSSR count). The molecule has 0 aliphatic rings. The fourth-order valence-electron chi connectivity index (χ4n) is 2.13. The molecule has 1 aromatic carbocycles. The number of nitrogens with zero attached hydrogens (tertiary/aromatic N) is 3. The van der Waals surface area contributed by atoms with E-state index >= 15 is 0 Å². The minimum atomic E-state index is -0.406. The van der Waals surface area contributed by atoms with E-state index in [0.717, 1.165) is 0 Å². The fraction of sp³-hybridized carbons (Fsp3) is 0.250. The van der Waals surface area contributed by atoms with Gasteiger partial charge in [-0.3, -0.25) is 4.79 Å². The molecular weight excluding hydrogens is 310 g/mol. The Balaban J connectivity index is 2.54. The van der Waals surface area contributed by atoms with Crippen LogP contribution in [-0.2, 0) is 16.1 Å². The molecule has 0 saturated carbocycles. The number of nitrogen functional groups attached to an aromatic ring is 2. The van der Waals surface area contributed by atoms with Crippen molar-refractivity contribution in [3.63, 3.8) is 0 Å². The highest BCUT2D eigenvalue weighted by Crippen LogP contribution is 2.30. The number of nitriles is 1. The van der Waals surface area contributed by atoms with Crippen molar-refractivity contribution < 1.29 is 14.3 Å². The Morgan fingerprint density at radius 3 is 2.71 bits per heavy atom. The molecule has 124 valence electrons. The largest absolute Gasteiger partial charge is 0.493 e. The van der Waals surface area contributed by atoms with E-state index in [0.29, 0.717) is 29.2 Å². The van der Waals surface area contributed by atoms with Crippen molar-refractivity contribution in [1.29, 1.82) is 5.26 Å². The Morgan fingerprint density at radius 1 is 1.33 bits per heavy atom. The van der Waals surface area contributed by atoms with Gasteiger partial charge in [-0.2, -0.15) is 10.2 Å². The second kappa shape index (κ2) is 7.28. The summed E-state index contributed by atoms with van der Waals surface area (Å²) in [5.41, 5.74) is 13.0. The standard InChI is InChI=1S/C16H17N5O3/c1-3-23-13-5-4-10(6-11(13)8-24-9(2)22)14-12(7-17)15(18)21-16(19)20-14/h4-6H,3,8H2,1-2H3,(H4,18,19,20,21).